The van der Waals surface area contributed by atoms with Gasteiger partial charge >= 0.3 is 5.76 Å². The van der Waals surface area contributed by atoms with Gasteiger partial charge in [-0.25, -0.2) is 4.79 Å². The maximum absolute atomic E-state index is 12.3. The molecule has 27 heavy (non-hydrogen) atoms. The van der Waals surface area contributed by atoms with Crippen molar-refractivity contribution in [3.63, 3.8) is 0 Å². The Morgan fingerprint density at radius 2 is 1.96 bits per heavy atom. The maximum Gasteiger partial charge on any atom is 0.419 e. The summed E-state index contributed by atoms with van der Waals surface area (Å²) in [4.78, 5) is 23.8. The molecule has 1 amide bonds. The molecule has 0 bridgehead atoms. The van der Waals surface area contributed by atoms with Gasteiger partial charge < -0.3 is 14.3 Å². The van der Waals surface area contributed by atoms with Crippen molar-refractivity contribution in [1.29, 1.82) is 0 Å². The van der Waals surface area contributed by atoms with Crippen LogP contribution in [0.1, 0.15) is 5.69 Å². The molecule has 2 aromatic heterocycles. The second-order valence-corrected chi connectivity index (χ2v) is 6.46. The van der Waals surface area contributed by atoms with E-state index in [-0.39, 0.29) is 12.3 Å². The number of nitrogens with zero attached hydrogens (tertiary/aromatic N) is 2. The third-order valence-electron chi connectivity index (χ3n) is 4.11. The summed E-state index contributed by atoms with van der Waals surface area (Å²) in [5.74, 6) is -0.156. The second kappa shape index (κ2) is 6.77. The molecule has 0 aliphatic rings. The Morgan fingerprint density at radius 1 is 1.19 bits per heavy atom. The van der Waals surface area contributed by atoms with Crippen molar-refractivity contribution in [2.24, 2.45) is 7.05 Å². The zero-order valence-corrected chi connectivity index (χ0v) is 15.0. The Labute approximate surface area is 158 Å². The highest BCUT2D eigenvalue weighted by Crippen LogP contribution is 2.23. The summed E-state index contributed by atoms with van der Waals surface area (Å²) < 4.78 is 11.8. The fraction of sp³-hybridized carbons (Fsp3) is 0.105. The molecule has 0 aliphatic heterocycles. The summed E-state index contributed by atoms with van der Waals surface area (Å²) in [6, 6.07) is 13.9. The number of benzene rings is 2. The summed E-state index contributed by atoms with van der Waals surface area (Å²) >= 11 is 5.87. The average Bonchev–Trinajstić information content (AvgIpc) is 3.20. The monoisotopic (exact) mass is 383 g/mol. The van der Waals surface area contributed by atoms with Crippen LogP contribution in [0.25, 0.3) is 22.4 Å². The summed E-state index contributed by atoms with van der Waals surface area (Å²) in [5, 5.41) is 7.32. The fourth-order valence-electron chi connectivity index (χ4n) is 2.73. The number of oxazole rings is 1. The zero-order valence-electron chi connectivity index (χ0n) is 14.2. The molecule has 0 radical (unpaired) electrons. The molecular weight excluding hydrogens is 370 g/mol. The van der Waals surface area contributed by atoms with Gasteiger partial charge in [-0.05, 0) is 36.4 Å². The van der Waals surface area contributed by atoms with Crippen LogP contribution >= 0.6 is 11.6 Å². The molecule has 4 rings (SSSR count). The van der Waals surface area contributed by atoms with Crippen molar-refractivity contribution >= 4 is 34.3 Å². The van der Waals surface area contributed by atoms with Crippen LogP contribution in [0.4, 0.5) is 5.69 Å². The Bertz CT molecular complexity index is 1190. The first-order valence-electron chi connectivity index (χ1n) is 8.10. The SMILES string of the molecule is Cn1c(=O)oc2cc(NC(=O)Cc3cc(-c4ccc(Cl)cc4)on3)ccc21. The van der Waals surface area contributed by atoms with E-state index in [1.165, 1.54) is 4.57 Å². The van der Waals surface area contributed by atoms with E-state index in [2.05, 4.69) is 10.5 Å². The number of anilines is 1. The van der Waals surface area contributed by atoms with E-state index in [1.807, 2.05) is 12.1 Å². The highest BCUT2D eigenvalue weighted by molar-refractivity contribution is 6.30. The zero-order chi connectivity index (χ0) is 19.0. The molecule has 2 heterocycles. The van der Waals surface area contributed by atoms with Gasteiger partial charge in [0.25, 0.3) is 0 Å². The molecule has 0 saturated carbocycles. The van der Waals surface area contributed by atoms with Gasteiger partial charge in [-0.15, -0.1) is 0 Å². The van der Waals surface area contributed by atoms with Crippen molar-refractivity contribution in [2.45, 2.75) is 6.42 Å². The lowest BCUT2D eigenvalue weighted by Crippen LogP contribution is -2.14. The molecule has 0 saturated heterocycles. The first kappa shape index (κ1) is 17.1. The fourth-order valence-corrected chi connectivity index (χ4v) is 2.85. The lowest BCUT2D eigenvalue weighted by Gasteiger charge is -2.03. The first-order valence-corrected chi connectivity index (χ1v) is 8.48. The number of nitrogens with one attached hydrogen (secondary N) is 1. The van der Waals surface area contributed by atoms with Crippen LogP contribution in [0.2, 0.25) is 5.02 Å². The van der Waals surface area contributed by atoms with E-state index in [0.29, 0.717) is 33.3 Å². The summed E-state index contributed by atoms with van der Waals surface area (Å²) in [6.45, 7) is 0. The van der Waals surface area contributed by atoms with Crippen LogP contribution in [0.3, 0.4) is 0 Å². The third-order valence-corrected chi connectivity index (χ3v) is 4.36. The minimum atomic E-state index is -0.453. The average molecular weight is 384 g/mol. The summed E-state index contributed by atoms with van der Waals surface area (Å²) in [6.07, 6.45) is 0.0495. The number of rotatable bonds is 4. The van der Waals surface area contributed by atoms with E-state index in [9.17, 15) is 9.59 Å². The lowest BCUT2D eigenvalue weighted by atomic mass is 10.1. The van der Waals surface area contributed by atoms with Crippen molar-refractivity contribution in [2.75, 3.05) is 5.32 Å². The Morgan fingerprint density at radius 3 is 2.74 bits per heavy atom. The van der Waals surface area contributed by atoms with Crippen LogP contribution in [0, 0.1) is 0 Å². The van der Waals surface area contributed by atoms with Crippen molar-refractivity contribution in [3.05, 3.63) is 69.8 Å². The van der Waals surface area contributed by atoms with E-state index in [0.717, 1.165) is 5.56 Å². The van der Waals surface area contributed by atoms with Crippen molar-refractivity contribution in [3.8, 4) is 11.3 Å². The van der Waals surface area contributed by atoms with Crippen molar-refractivity contribution in [1.82, 2.24) is 9.72 Å². The smallest absolute Gasteiger partial charge is 0.408 e. The first-order chi connectivity index (χ1) is 13.0. The lowest BCUT2D eigenvalue weighted by molar-refractivity contribution is -0.115. The number of amides is 1. The van der Waals surface area contributed by atoms with Crippen LogP contribution in [0.15, 0.2) is 62.3 Å². The number of aromatic nitrogens is 2. The van der Waals surface area contributed by atoms with Gasteiger partial charge in [-0.2, -0.15) is 0 Å². The predicted molar refractivity (Wildman–Crippen MR) is 101 cm³/mol. The minimum absolute atomic E-state index is 0.0495. The number of hydrogen-bond donors (Lipinski definition) is 1. The number of carbonyl (C=O) groups is 1. The summed E-state index contributed by atoms with van der Waals surface area (Å²) in [5.41, 5.74) is 2.92. The highest BCUT2D eigenvalue weighted by Gasteiger charge is 2.12. The van der Waals surface area contributed by atoms with Gasteiger partial charge in [0.1, 0.15) is 0 Å². The molecule has 8 heteroatoms. The molecule has 0 aliphatic carbocycles. The second-order valence-electron chi connectivity index (χ2n) is 6.02. The molecular formula is C19H14ClN3O4. The number of halogens is 1. The normalized spacial score (nSPS) is 11.0. The molecule has 4 aromatic rings. The van der Waals surface area contributed by atoms with Gasteiger partial charge in [0.05, 0.1) is 17.6 Å². The van der Waals surface area contributed by atoms with Gasteiger partial charge in [0.2, 0.25) is 5.91 Å². The van der Waals surface area contributed by atoms with Gasteiger partial charge in [0, 0.05) is 35.5 Å². The van der Waals surface area contributed by atoms with Crippen LogP contribution in [0.5, 0.6) is 0 Å². The quantitative estimate of drug-likeness (QED) is 0.581. The van der Waals surface area contributed by atoms with Crippen LogP contribution in [-0.2, 0) is 18.3 Å². The van der Waals surface area contributed by atoms with E-state index >= 15 is 0 Å². The summed E-state index contributed by atoms with van der Waals surface area (Å²) in [7, 11) is 1.62. The number of carbonyl (C=O) groups excluding carboxylic acids is 1. The largest absolute Gasteiger partial charge is 0.419 e. The molecule has 2 aromatic carbocycles. The molecule has 0 fully saturated rings. The third kappa shape index (κ3) is 3.50. The molecule has 1 N–H and O–H groups in total. The molecule has 136 valence electrons. The Kier molecular flexibility index (Phi) is 4.29. The minimum Gasteiger partial charge on any atom is -0.408 e. The van der Waals surface area contributed by atoms with Crippen LogP contribution < -0.4 is 11.1 Å². The molecule has 0 atom stereocenters. The van der Waals surface area contributed by atoms with E-state index in [1.54, 1.807) is 43.4 Å². The molecule has 0 unspecified atom stereocenters. The maximum atomic E-state index is 12.3. The van der Waals surface area contributed by atoms with Crippen LogP contribution in [-0.4, -0.2) is 15.6 Å². The number of fused-ring (bicyclic) bond motifs is 1. The molecule has 7 nitrogen and oxygen atoms in total. The van der Waals surface area contributed by atoms with E-state index in [4.69, 9.17) is 20.5 Å². The predicted octanol–water partition coefficient (Wildman–Crippen LogP) is 3.62. The topological polar surface area (TPSA) is 90.3 Å². The van der Waals surface area contributed by atoms with Gasteiger partial charge in [0.15, 0.2) is 11.3 Å². The van der Waals surface area contributed by atoms with Crippen molar-refractivity contribution < 1.29 is 13.7 Å². The Hall–Kier alpha value is -3.32. The van der Waals surface area contributed by atoms with Gasteiger partial charge in [-0.1, -0.05) is 16.8 Å². The van der Waals surface area contributed by atoms with E-state index < -0.39 is 5.76 Å². The standard InChI is InChI=1S/C19H14ClN3O4/c1-23-15-7-6-13(8-17(15)26-19(23)25)21-18(24)10-14-9-16(27-22-14)11-2-4-12(20)5-3-11/h2-9H,10H2,1H3,(H,21,24). The number of hydrogen-bond acceptors (Lipinski definition) is 5. The Balaban J connectivity index is 1.46. The number of aryl methyl sites for hydroxylation is 1. The highest BCUT2D eigenvalue weighted by atomic mass is 35.5. The van der Waals surface area contributed by atoms with Gasteiger partial charge in [-0.3, -0.25) is 9.36 Å². The molecule has 0 spiro atoms.